The van der Waals surface area contributed by atoms with E-state index in [-0.39, 0.29) is 18.1 Å². The minimum Gasteiger partial charge on any atom is -0.394 e. The molecule has 0 unspecified atom stereocenters. The van der Waals surface area contributed by atoms with Crippen LogP contribution < -0.4 is 10.9 Å². The van der Waals surface area contributed by atoms with Crippen molar-refractivity contribution in [3.63, 3.8) is 0 Å². The highest BCUT2D eigenvalue weighted by molar-refractivity contribution is 5.94. The summed E-state index contributed by atoms with van der Waals surface area (Å²) in [7, 11) is 0. The molecule has 1 aromatic rings. The van der Waals surface area contributed by atoms with Gasteiger partial charge in [0.25, 0.3) is 5.91 Å². The normalized spacial score (nSPS) is 17.0. The van der Waals surface area contributed by atoms with Crippen molar-refractivity contribution in [2.24, 2.45) is 0 Å². The lowest BCUT2D eigenvalue weighted by atomic mass is 9.97. The summed E-state index contributed by atoms with van der Waals surface area (Å²) in [6.45, 7) is -0.116. The number of aromatic amines is 1. The summed E-state index contributed by atoms with van der Waals surface area (Å²) in [6, 6.07) is 2.77. The van der Waals surface area contributed by atoms with Gasteiger partial charge in [-0.3, -0.25) is 9.59 Å². The lowest BCUT2D eigenvalue weighted by Gasteiger charge is -2.27. The second-order valence-corrected chi connectivity index (χ2v) is 4.21. The SMILES string of the molecule is O=C(NC1(CO)CC=CC1)c1cc[nH]c(=O)c1. The molecule has 3 N–H and O–H groups in total. The fourth-order valence-electron chi connectivity index (χ4n) is 1.87. The predicted molar refractivity (Wildman–Crippen MR) is 62.7 cm³/mol. The molecule has 1 aliphatic carbocycles. The van der Waals surface area contributed by atoms with Crippen molar-refractivity contribution in [3.05, 3.63) is 46.4 Å². The summed E-state index contributed by atoms with van der Waals surface area (Å²) >= 11 is 0. The van der Waals surface area contributed by atoms with Gasteiger partial charge in [-0.15, -0.1) is 0 Å². The van der Waals surface area contributed by atoms with Crippen LogP contribution in [0.3, 0.4) is 0 Å². The second-order valence-electron chi connectivity index (χ2n) is 4.21. The van der Waals surface area contributed by atoms with Gasteiger partial charge in [-0.1, -0.05) is 12.2 Å². The molecular formula is C12H14N2O3. The van der Waals surface area contributed by atoms with E-state index in [0.717, 1.165) is 0 Å². The third kappa shape index (κ3) is 2.45. The highest BCUT2D eigenvalue weighted by Gasteiger charge is 2.32. The highest BCUT2D eigenvalue weighted by atomic mass is 16.3. The predicted octanol–water partition coefficient (Wildman–Crippen LogP) is 0.186. The zero-order valence-electron chi connectivity index (χ0n) is 9.27. The molecule has 0 bridgehead atoms. The van der Waals surface area contributed by atoms with Gasteiger partial charge in [0, 0.05) is 17.8 Å². The summed E-state index contributed by atoms with van der Waals surface area (Å²) in [4.78, 5) is 25.4. The molecule has 17 heavy (non-hydrogen) atoms. The van der Waals surface area contributed by atoms with E-state index in [2.05, 4.69) is 10.3 Å². The Hall–Kier alpha value is -1.88. The maximum atomic E-state index is 11.9. The molecule has 0 radical (unpaired) electrons. The van der Waals surface area contributed by atoms with Crippen molar-refractivity contribution >= 4 is 5.91 Å². The van der Waals surface area contributed by atoms with Crippen LogP contribution in [0, 0.1) is 0 Å². The number of H-pyrrole nitrogens is 1. The Bertz CT molecular complexity index is 496. The number of aliphatic hydroxyl groups excluding tert-OH is 1. The molecule has 90 valence electrons. The quantitative estimate of drug-likeness (QED) is 0.653. The molecule has 0 spiro atoms. The molecule has 5 heteroatoms. The number of aromatic nitrogens is 1. The molecule has 1 aromatic heterocycles. The van der Waals surface area contributed by atoms with Crippen LogP contribution >= 0.6 is 0 Å². The van der Waals surface area contributed by atoms with Crippen LogP contribution in [0.4, 0.5) is 0 Å². The van der Waals surface area contributed by atoms with Crippen molar-refractivity contribution in [1.29, 1.82) is 0 Å². The van der Waals surface area contributed by atoms with Crippen molar-refractivity contribution in [1.82, 2.24) is 10.3 Å². The first-order valence-electron chi connectivity index (χ1n) is 5.42. The summed E-state index contributed by atoms with van der Waals surface area (Å²) in [6.07, 6.45) is 6.50. The van der Waals surface area contributed by atoms with E-state index < -0.39 is 5.54 Å². The van der Waals surface area contributed by atoms with Crippen LogP contribution in [-0.4, -0.2) is 28.1 Å². The Morgan fingerprint density at radius 3 is 2.76 bits per heavy atom. The van der Waals surface area contributed by atoms with Crippen molar-refractivity contribution in [2.75, 3.05) is 6.61 Å². The zero-order chi connectivity index (χ0) is 12.3. The molecule has 0 saturated heterocycles. The summed E-state index contributed by atoms with van der Waals surface area (Å²) in [5.41, 5.74) is -0.631. The number of rotatable bonds is 3. The Balaban J connectivity index is 2.14. The van der Waals surface area contributed by atoms with E-state index in [9.17, 15) is 14.7 Å². The van der Waals surface area contributed by atoms with E-state index in [1.165, 1.54) is 18.3 Å². The minimum atomic E-state index is -0.611. The van der Waals surface area contributed by atoms with Crippen LogP contribution in [0.5, 0.6) is 0 Å². The number of nitrogens with one attached hydrogen (secondary N) is 2. The first kappa shape index (κ1) is 11.6. The van der Waals surface area contributed by atoms with Crippen LogP contribution in [0.2, 0.25) is 0 Å². The maximum absolute atomic E-state index is 11.9. The van der Waals surface area contributed by atoms with Gasteiger partial charge < -0.3 is 15.4 Å². The largest absolute Gasteiger partial charge is 0.394 e. The van der Waals surface area contributed by atoms with Crippen molar-refractivity contribution in [2.45, 2.75) is 18.4 Å². The van der Waals surface area contributed by atoms with E-state index in [4.69, 9.17) is 0 Å². The minimum absolute atomic E-state index is 0.116. The lowest BCUT2D eigenvalue weighted by molar-refractivity contribution is 0.0845. The Kier molecular flexibility index (Phi) is 3.10. The second kappa shape index (κ2) is 4.55. The molecule has 1 aliphatic rings. The van der Waals surface area contributed by atoms with Gasteiger partial charge in [-0.2, -0.15) is 0 Å². The lowest BCUT2D eigenvalue weighted by Crippen LogP contribution is -2.49. The van der Waals surface area contributed by atoms with Crippen LogP contribution in [0.15, 0.2) is 35.3 Å². The van der Waals surface area contributed by atoms with Crippen molar-refractivity contribution < 1.29 is 9.90 Å². The number of carbonyl (C=O) groups excluding carboxylic acids is 1. The van der Waals surface area contributed by atoms with E-state index in [0.29, 0.717) is 18.4 Å². The van der Waals surface area contributed by atoms with Gasteiger partial charge in [-0.25, -0.2) is 0 Å². The molecule has 2 rings (SSSR count). The zero-order valence-corrected chi connectivity index (χ0v) is 9.27. The van der Waals surface area contributed by atoms with Crippen LogP contribution in [-0.2, 0) is 0 Å². The fourth-order valence-corrected chi connectivity index (χ4v) is 1.87. The van der Waals surface area contributed by atoms with Crippen molar-refractivity contribution in [3.8, 4) is 0 Å². The molecule has 0 fully saturated rings. The van der Waals surface area contributed by atoms with Crippen LogP contribution in [0.25, 0.3) is 0 Å². The number of amides is 1. The molecular weight excluding hydrogens is 220 g/mol. The average molecular weight is 234 g/mol. The van der Waals surface area contributed by atoms with Gasteiger partial charge >= 0.3 is 0 Å². The summed E-state index contributed by atoms with van der Waals surface area (Å²) in [5.74, 6) is -0.339. The fraction of sp³-hybridized carbons (Fsp3) is 0.333. The average Bonchev–Trinajstić information content (AvgIpc) is 2.78. The maximum Gasteiger partial charge on any atom is 0.252 e. The first-order chi connectivity index (χ1) is 8.15. The van der Waals surface area contributed by atoms with E-state index in [1.54, 1.807) is 0 Å². The van der Waals surface area contributed by atoms with Gasteiger partial charge in [0.2, 0.25) is 5.56 Å². The number of carbonyl (C=O) groups is 1. The number of hydrogen-bond donors (Lipinski definition) is 3. The molecule has 0 atom stereocenters. The number of hydrogen-bond acceptors (Lipinski definition) is 3. The molecule has 1 amide bonds. The van der Waals surface area contributed by atoms with Gasteiger partial charge in [0.05, 0.1) is 12.1 Å². The molecule has 1 heterocycles. The highest BCUT2D eigenvalue weighted by Crippen LogP contribution is 2.23. The third-order valence-electron chi connectivity index (χ3n) is 2.90. The van der Waals surface area contributed by atoms with Gasteiger partial charge in [0.1, 0.15) is 0 Å². The van der Waals surface area contributed by atoms with Gasteiger partial charge in [0.15, 0.2) is 0 Å². The Morgan fingerprint density at radius 2 is 2.18 bits per heavy atom. The molecule has 0 aliphatic heterocycles. The summed E-state index contributed by atoms with van der Waals surface area (Å²) < 4.78 is 0. The standard InChI is InChI=1S/C12H14N2O3/c15-8-12(4-1-2-5-12)14-11(17)9-3-6-13-10(16)7-9/h1-3,6-7,15H,4-5,8H2,(H,13,16)(H,14,17). The number of aliphatic hydroxyl groups is 1. The molecule has 0 saturated carbocycles. The van der Waals surface area contributed by atoms with E-state index in [1.807, 2.05) is 12.2 Å². The third-order valence-corrected chi connectivity index (χ3v) is 2.90. The topological polar surface area (TPSA) is 82.2 Å². The van der Waals surface area contributed by atoms with E-state index >= 15 is 0 Å². The monoisotopic (exact) mass is 234 g/mol. The molecule has 5 nitrogen and oxygen atoms in total. The Labute approximate surface area is 98.2 Å². The molecule has 0 aromatic carbocycles. The Morgan fingerprint density at radius 1 is 1.47 bits per heavy atom. The summed E-state index contributed by atoms with van der Waals surface area (Å²) in [5, 5.41) is 12.1. The van der Waals surface area contributed by atoms with Crippen LogP contribution in [0.1, 0.15) is 23.2 Å². The smallest absolute Gasteiger partial charge is 0.252 e. The van der Waals surface area contributed by atoms with Gasteiger partial charge in [-0.05, 0) is 18.9 Å². The first-order valence-corrected chi connectivity index (χ1v) is 5.42. The number of pyridine rings is 1.